The summed E-state index contributed by atoms with van der Waals surface area (Å²) in [7, 11) is 0. The van der Waals surface area contributed by atoms with Gasteiger partial charge in [0.15, 0.2) is 10.6 Å². The Bertz CT molecular complexity index is 1170. The smallest absolute Gasteiger partial charge is 0.419 e. The van der Waals surface area contributed by atoms with E-state index in [4.69, 9.17) is 16.7 Å². The highest BCUT2D eigenvalue weighted by atomic mass is 35.5. The number of halogens is 5. The Balaban J connectivity index is 2.24. The van der Waals surface area contributed by atoms with Gasteiger partial charge in [0.05, 0.1) is 15.8 Å². The predicted molar refractivity (Wildman–Crippen MR) is 93.8 cm³/mol. The SMILES string of the molecule is O=C(O)Cn1/c(=N/C(=O)c2cccc(Cl)c2)sc2c(F)c(C(F)(F)F)ccc21. The number of benzene rings is 2. The van der Waals surface area contributed by atoms with Gasteiger partial charge in [0.2, 0.25) is 0 Å². The molecule has 3 rings (SSSR count). The van der Waals surface area contributed by atoms with E-state index in [0.29, 0.717) is 17.4 Å². The lowest BCUT2D eigenvalue weighted by Gasteiger charge is -2.08. The Hall–Kier alpha value is -2.72. The molecule has 11 heteroatoms. The molecular formula is C17H9ClF4N2O3S. The minimum atomic E-state index is -4.92. The molecule has 0 saturated heterocycles. The third-order valence-electron chi connectivity index (χ3n) is 3.66. The number of thiazole rings is 1. The lowest BCUT2D eigenvalue weighted by Crippen LogP contribution is -2.21. The van der Waals surface area contributed by atoms with E-state index in [1.165, 1.54) is 24.3 Å². The van der Waals surface area contributed by atoms with Gasteiger partial charge in [0.25, 0.3) is 5.91 Å². The predicted octanol–water partition coefficient (Wildman–Crippen LogP) is 4.34. The fraction of sp³-hybridized carbons (Fsp3) is 0.118. The number of aliphatic carboxylic acids is 1. The molecule has 5 nitrogen and oxygen atoms in total. The van der Waals surface area contributed by atoms with Gasteiger partial charge in [0, 0.05) is 10.6 Å². The number of fused-ring (bicyclic) bond motifs is 1. The van der Waals surface area contributed by atoms with Gasteiger partial charge < -0.3 is 9.67 Å². The molecule has 0 atom stereocenters. The molecule has 28 heavy (non-hydrogen) atoms. The van der Waals surface area contributed by atoms with Crippen LogP contribution in [0.25, 0.3) is 10.2 Å². The highest BCUT2D eigenvalue weighted by molar-refractivity contribution is 7.16. The molecule has 0 saturated carbocycles. The minimum Gasteiger partial charge on any atom is -0.480 e. The third kappa shape index (κ3) is 3.92. The highest BCUT2D eigenvalue weighted by Gasteiger charge is 2.35. The van der Waals surface area contributed by atoms with Crippen molar-refractivity contribution in [3.8, 4) is 0 Å². The number of aromatic nitrogens is 1. The molecule has 0 bridgehead atoms. The van der Waals surface area contributed by atoms with Gasteiger partial charge in [-0.3, -0.25) is 9.59 Å². The van der Waals surface area contributed by atoms with Crippen molar-refractivity contribution in [1.82, 2.24) is 4.57 Å². The van der Waals surface area contributed by atoms with E-state index < -0.39 is 40.7 Å². The Labute approximate surface area is 163 Å². The Kier molecular flexibility index (Phi) is 5.26. The largest absolute Gasteiger partial charge is 0.480 e. The molecule has 0 aliphatic carbocycles. The average molecular weight is 433 g/mol. The van der Waals surface area contributed by atoms with Crippen molar-refractivity contribution in [3.63, 3.8) is 0 Å². The Morgan fingerprint density at radius 1 is 1.21 bits per heavy atom. The molecule has 1 heterocycles. The zero-order chi connectivity index (χ0) is 20.6. The zero-order valence-corrected chi connectivity index (χ0v) is 15.2. The van der Waals surface area contributed by atoms with Crippen LogP contribution in [0.1, 0.15) is 15.9 Å². The van der Waals surface area contributed by atoms with Crippen molar-refractivity contribution in [2.24, 2.45) is 4.99 Å². The quantitative estimate of drug-likeness (QED) is 0.626. The zero-order valence-electron chi connectivity index (χ0n) is 13.6. The summed E-state index contributed by atoms with van der Waals surface area (Å²) in [5.74, 6) is -3.69. The fourth-order valence-electron chi connectivity index (χ4n) is 2.47. The minimum absolute atomic E-state index is 0.0864. The molecule has 0 fully saturated rings. The van der Waals surface area contributed by atoms with Gasteiger partial charge in [-0.15, -0.1) is 0 Å². The van der Waals surface area contributed by atoms with Crippen LogP contribution < -0.4 is 4.80 Å². The average Bonchev–Trinajstić information content (AvgIpc) is 2.92. The maximum absolute atomic E-state index is 14.4. The summed E-state index contributed by atoms with van der Waals surface area (Å²) in [6.07, 6.45) is -4.92. The number of rotatable bonds is 3. The molecule has 2 aromatic carbocycles. The molecule has 0 aliphatic rings. The number of carboxylic acids is 1. The van der Waals surface area contributed by atoms with E-state index in [1.807, 2.05) is 0 Å². The summed E-state index contributed by atoms with van der Waals surface area (Å²) in [5.41, 5.74) is -1.52. The Morgan fingerprint density at radius 3 is 2.54 bits per heavy atom. The van der Waals surface area contributed by atoms with Crippen LogP contribution in [0.2, 0.25) is 5.02 Å². The van der Waals surface area contributed by atoms with Crippen LogP contribution in [0.3, 0.4) is 0 Å². The molecule has 0 radical (unpaired) electrons. The third-order valence-corrected chi connectivity index (χ3v) is 4.98. The van der Waals surface area contributed by atoms with E-state index in [2.05, 4.69) is 4.99 Å². The summed E-state index contributed by atoms with van der Waals surface area (Å²) in [4.78, 5) is 27.0. The van der Waals surface area contributed by atoms with E-state index >= 15 is 0 Å². The van der Waals surface area contributed by atoms with Crippen LogP contribution >= 0.6 is 22.9 Å². The molecule has 3 aromatic rings. The van der Waals surface area contributed by atoms with Crippen molar-refractivity contribution < 1.29 is 32.3 Å². The monoisotopic (exact) mass is 432 g/mol. The summed E-state index contributed by atoms with van der Waals surface area (Å²) in [6, 6.07) is 7.22. The summed E-state index contributed by atoms with van der Waals surface area (Å²) in [6.45, 7) is -0.716. The van der Waals surface area contributed by atoms with E-state index in [0.717, 1.165) is 10.6 Å². The van der Waals surface area contributed by atoms with Gasteiger partial charge >= 0.3 is 12.1 Å². The summed E-state index contributed by atoms with van der Waals surface area (Å²) in [5, 5.41) is 9.34. The molecule has 1 aromatic heterocycles. The normalized spacial score (nSPS) is 12.5. The first-order valence-corrected chi connectivity index (χ1v) is 8.73. The van der Waals surface area contributed by atoms with E-state index in [9.17, 15) is 27.2 Å². The molecule has 0 aliphatic heterocycles. The van der Waals surface area contributed by atoms with Crippen molar-refractivity contribution in [3.05, 3.63) is 63.2 Å². The van der Waals surface area contributed by atoms with Crippen molar-refractivity contribution in [2.75, 3.05) is 0 Å². The van der Waals surface area contributed by atoms with Crippen LogP contribution in [0, 0.1) is 5.82 Å². The standard InChI is InChI=1S/C17H9ClF4N2O3S/c18-9-3-1-2-8(6-9)15(27)23-16-24(7-12(25)26)11-5-4-10(17(20,21)22)13(19)14(11)28-16/h1-6H,7H2,(H,25,26)/b23-16-. The number of amides is 1. The number of nitrogens with zero attached hydrogens (tertiary/aromatic N) is 2. The lowest BCUT2D eigenvalue weighted by atomic mass is 10.2. The van der Waals surface area contributed by atoms with Gasteiger partial charge in [0.1, 0.15) is 6.54 Å². The molecule has 1 N–H and O–H groups in total. The maximum atomic E-state index is 14.4. The van der Waals surface area contributed by atoms with Crippen LogP contribution in [-0.2, 0) is 17.5 Å². The first kappa shape index (κ1) is 20.0. The molecule has 0 spiro atoms. The lowest BCUT2D eigenvalue weighted by molar-refractivity contribution is -0.140. The van der Waals surface area contributed by atoms with E-state index in [-0.39, 0.29) is 20.9 Å². The second-order valence-electron chi connectivity index (χ2n) is 5.56. The summed E-state index contributed by atoms with van der Waals surface area (Å²) < 4.78 is 53.7. The number of alkyl halides is 3. The van der Waals surface area contributed by atoms with Crippen LogP contribution in [0.5, 0.6) is 0 Å². The van der Waals surface area contributed by atoms with Gasteiger partial charge in [-0.1, -0.05) is 29.0 Å². The van der Waals surface area contributed by atoms with Gasteiger partial charge in [-0.05, 0) is 30.3 Å². The number of hydrogen-bond donors (Lipinski definition) is 1. The van der Waals surface area contributed by atoms with Crippen molar-refractivity contribution in [2.45, 2.75) is 12.7 Å². The molecule has 0 unspecified atom stereocenters. The first-order valence-electron chi connectivity index (χ1n) is 7.53. The van der Waals surface area contributed by atoms with Crippen molar-refractivity contribution >= 4 is 45.0 Å². The number of carboxylic acid groups (broad SMARTS) is 1. The highest BCUT2D eigenvalue weighted by Crippen LogP contribution is 2.35. The van der Waals surface area contributed by atoms with Crippen LogP contribution in [0.4, 0.5) is 17.6 Å². The summed E-state index contributed by atoms with van der Waals surface area (Å²) >= 11 is 6.26. The van der Waals surface area contributed by atoms with Crippen molar-refractivity contribution in [1.29, 1.82) is 0 Å². The Morgan fingerprint density at radius 2 is 1.93 bits per heavy atom. The first-order chi connectivity index (χ1) is 13.1. The van der Waals surface area contributed by atoms with Crippen LogP contribution in [-0.4, -0.2) is 21.6 Å². The number of carbonyl (C=O) groups excluding carboxylic acids is 1. The fourth-order valence-corrected chi connectivity index (χ4v) is 3.72. The number of carbonyl (C=O) groups is 2. The second kappa shape index (κ2) is 7.36. The van der Waals surface area contributed by atoms with Crippen LogP contribution in [0.15, 0.2) is 41.4 Å². The van der Waals surface area contributed by atoms with Gasteiger partial charge in [-0.2, -0.15) is 18.2 Å². The number of hydrogen-bond acceptors (Lipinski definition) is 3. The molecule has 1 amide bonds. The topological polar surface area (TPSA) is 71.7 Å². The molecular weight excluding hydrogens is 424 g/mol. The van der Waals surface area contributed by atoms with Gasteiger partial charge in [-0.25, -0.2) is 4.39 Å². The second-order valence-corrected chi connectivity index (χ2v) is 6.98. The van der Waals surface area contributed by atoms with E-state index in [1.54, 1.807) is 0 Å². The molecule has 146 valence electrons. The maximum Gasteiger partial charge on any atom is 0.419 e.